The number of H-pyrrole nitrogens is 1. The number of carbonyl (C=O) groups is 3. The zero-order valence-corrected chi connectivity index (χ0v) is 27.7. The first-order valence-electron chi connectivity index (χ1n) is 15.2. The number of ether oxygens (including phenoxy) is 2. The highest BCUT2D eigenvalue weighted by atomic mass is 16.6. The van der Waals surface area contributed by atoms with Gasteiger partial charge in [-0.05, 0) is 57.4 Å². The van der Waals surface area contributed by atoms with E-state index in [1.807, 2.05) is 65.0 Å². The molecule has 3 rings (SSSR count). The average Bonchev–Trinajstić information content (AvgIpc) is 3.02. The van der Waals surface area contributed by atoms with Crippen LogP contribution in [0.15, 0.2) is 53.3 Å². The lowest BCUT2D eigenvalue weighted by atomic mass is 9.89. The van der Waals surface area contributed by atoms with E-state index in [-0.39, 0.29) is 30.0 Å². The number of aliphatic hydroxyl groups excluding tert-OH is 1. The Bertz CT molecular complexity index is 1430. The van der Waals surface area contributed by atoms with E-state index in [0.29, 0.717) is 42.0 Å². The predicted octanol–water partition coefficient (Wildman–Crippen LogP) is 5.74. The van der Waals surface area contributed by atoms with Crippen molar-refractivity contribution < 1.29 is 34.1 Å². The summed E-state index contributed by atoms with van der Waals surface area (Å²) in [6.45, 7) is 14.9. The van der Waals surface area contributed by atoms with E-state index in [1.54, 1.807) is 32.0 Å². The molecule has 0 bridgehead atoms. The molecule has 0 aliphatic carbocycles. The van der Waals surface area contributed by atoms with Crippen molar-refractivity contribution in [2.75, 3.05) is 25.1 Å². The van der Waals surface area contributed by atoms with Crippen LogP contribution in [0.2, 0.25) is 0 Å². The molecule has 2 unspecified atom stereocenters. The number of para-hydroxylation sites is 1. The molecule has 0 radical (unpaired) electrons. The number of nitrogens with one attached hydrogen (secondary N) is 2. The zero-order valence-electron chi connectivity index (χ0n) is 27.7. The van der Waals surface area contributed by atoms with E-state index in [4.69, 9.17) is 19.7 Å². The van der Waals surface area contributed by atoms with Crippen LogP contribution in [0.4, 0.5) is 5.69 Å². The Morgan fingerprint density at radius 2 is 1.62 bits per heavy atom. The number of esters is 1. The molecular formula is C34H49N3O8. The molecule has 1 aromatic heterocycles. The van der Waals surface area contributed by atoms with Crippen LogP contribution in [0.3, 0.4) is 0 Å². The molecule has 1 amide bonds. The van der Waals surface area contributed by atoms with Crippen LogP contribution in [0, 0.1) is 23.7 Å². The highest BCUT2D eigenvalue weighted by Crippen LogP contribution is 2.25. The van der Waals surface area contributed by atoms with Gasteiger partial charge in [0.25, 0.3) is 5.56 Å². The molecule has 2 atom stereocenters. The van der Waals surface area contributed by atoms with Crippen LogP contribution in [0.5, 0.6) is 5.75 Å². The summed E-state index contributed by atoms with van der Waals surface area (Å²) in [7, 11) is 0. The van der Waals surface area contributed by atoms with E-state index in [9.17, 15) is 19.2 Å². The van der Waals surface area contributed by atoms with Crippen molar-refractivity contribution in [3.63, 3.8) is 0 Å². The zero-order chi connectivity index (χ0) is 34.2. The summed E-state index contributed by atoms with van der Waals surface area (Å²) in [5.41, 5.74) is -0.577. The van der Waals surface area contributed by atoms with Gasteiger partial charge in [0.2, 0.25) is 5.91 Å². The molecule has 11 nitrogen and oxygen atoms in total. The highest BCUT2D eigenvalue weighted by molar-refractivity contribution is 6.02. The molecule has 1 heterocycles. The highest BCUT2D eigenvalue weighted by Gasteiger charge is 2.29. The van der Waals surface area contributed by atoms with Crippen LogP contribution < -0.4 is 15.6 Å². The molecule has 0 fully saturated rings. The second-order valence-corrected chi connectivity index (χ2v) is 11.6. The van der Waals surface area contributed by atoms with Gasteiger partial charge in [-0.3, -0.25) is 19.2 Å². The summed E-state index contributed by atoms with van der Waals surface area (Å²) in [4.78, 5) is 52.9. The summed E-state index contributed by atoms with van der Waals surface area (Å²) in [6, 6.07) is 14.7. The van der Waals surface area contributed by atoms with Gasteiger partial charge < -0.3 is 30.0 Å². The minimum Gasteiger partial charge on any atom is -0.490 e. The number of rotatable bonds is 12. The molecule has 3 aromatic rings. The van der Waals surface area contributed by atoms with Gasteiger partial charge in [-0.15, -0.1) is 0 Å². The molecule has 2 aromatic carbocycles. The maximum atomic E-state index is 12.2. The lowest BCUT2D eigenvalue weighted by molar-refractivity contribution is -0.150. The third-order valence-electron chi connectivity index (χ3n) is 7.60. The fraction of sp³-hybridized carbons (Fsp3) is 0.500. The fourth-order valence-electron chi connectivity index (χ4n) is 3.32. The van der Waals surface area contributed by atoms with Gasteiger partial charge >= 0.3 is 11.9 Å². The maximum absolute atomic E-state index is 12.2. The van der Waals surface area contributed by atoms with Crippen LogP contribution in [-0.2, 0) is 19.1 Å². The van der Waals surface area contributed by atoms with E-state index in [1.165, 1.54) is 6.92 Å². The van der Waals surface area contributed by atoms with E-state index < -0.39 is 16.8 Å². The molecule has 11 heteroatoms. The largest absolute Gasteiger partial charge is 0.490 e. The third kappa shape index (κ3) is 12.3. The van der Waals surface area contributed by atoms with Crippen molar-refractivity contribution in [1.82, 2.24) is 9.97 Å². The number of aromatic nitrogens is 2. The van der Waals surface area contributed by atoms with Crippen molar-refractivity contribution in [3.8, 4) is 5.75 Å². The second kappa shape index (κ2) is 18.5. The number of aliphatic hydroxyl groups is 1. The van der Waals surface area contributed by atoms with Crippen molar-refractivity contribution in [2.24, 2.45) is 16.7 Å². The summed E-state index contributed by atoms with van der Waals surface area (Å²) < 4.78 is 10.4. The first kappa shape index (κ1) is 38.8. The number of fused-ring (bicyclic) bond motifs is 1. The Morgan fingerprint density at radius 1 is 0.978 bits per heavy atom. The van der Waals surface area contributed by atoms with Gasteiger partial charge in [0, 0.05) is 5.41 Å². The Morgan fingerprint density at radius 3 is 2.13 bits per heavy atom. The molecule has 0 spiro atoms. The molecule has 0 aliphatic heterocycles. The molecule has 0 aliphatic rings. The third-order valence-corrected chi connectivity index (χ3v) is 7.60. The second-order valence-electron chi connectivity index (χ2n) is 11.6. The smallest absolute Gasteiger partial charge is 0.311 e. The predicted molar refractivity (Wildman–Crippen MR) is 175 cm³/mol. The van der Waals surface area contributed by atoms with Crippen LogP contribution >= 0.6 is 0 Å². The van der Waals surface area contributed by atoms with E-state index >= 15 is 0 Å². The van der Waals surface area contributed by atoms with Gasteiger partial charge in [0.1, 0.15) is 24.8 Å². The molecular weight excluding hydrogens is 578 g/mol. The normalized spacial score (nSPS) is 12.7. The number of nitrogens with zero attached hydrogens (tertiary/aromatic N) is 1. The van der Waals surface area contributed by atoms with Gasteiger partial charge in [0.15, 0.2) is 0 Å². The number of hydrogen-bond donors (Lipinski definition) is 4. The number of amides is 1. The lowest BCUT2D eigenvalue weighted by Crippen LogP contribution is -2.30. The quantitative estimate of drug-likeness (QED) is 0.145. The summed E-state index contributed by atoms with van der Waals surface area (Å²) in [5, 5.41) is 20.3. The number of benzene rings is 2. The molecule has 45 heavy (non-hydrogen) atoms. The number of carboxylic acids is 1. The Labute approximate surface area is 265 Å². The lowest BCUT2D eigenvalue weighted by Gasteiger charge is -2.21. The van der Waals surface area contributed by atoms with Gasteiger partial charge in [-0.2, -0.15) is 0 Å². The Hall–Kier alpha value is -4.25. The van der Waals surface area contributed by atoms with Crippen LogP contribution in [0.1, 0.15) is 73.6 Å². The first-order chi connectivity index (χ1) is 21.1. The summed E-state index contributed by atoms with van der Waals surface area (Å²) in [6.07, 6.45) is 1.98. The number of aromatic amines is 1. The maximum Gasteiger partial charge on any atom is 0.311 e. The van der Waals surface area contributed by atoms with Crippen LogP contribution in [-0.4, -0.2) is 57.8 Å². The minimum atomic E-state index is -0.944. The molecule has 0 saturated carbocycles. The summed E-state index contributed by atoms with van der Waals surface area (Å²) in [5.74, 6) is 0.123. The van der Waals surface area contributed by atoms with Crippen molar-refractivity contribution >= 4 is 34.4 Å². The fourth-order valence-corrected chi connectivity index (χ4v) is 3.32. The molecule has 4 N–H and O–H groups in total. The number of aryl methyl sites for hydroxylation is 1. The number of aliphatic carboxylic acids is 1. The Balaban J connectivity index is 0.000000363. The topological polar surface area (TPSA) is 168 Å². The van der Waals surface area contributed by atoms with Gasteiger partial charge in [0.05, 0.1) is 34.5 Å². The van der Waals surface area contributed by atoms with Crippen molar-refractivity contribution in [3.05, 3.63) is 64.7 Å². The standard InChI is InChI=1S/C15H19N3O2.C13H18O3.C6H12O3/c1-5-15(3,4)14(20)18-11-8-6-7-10-12(11)13(19)17-9(2)16-10;1-3-11(2)13(14)16-10-9-15-12-7-5-4-6-8-12;1-3-6(2,4-7)5(8)9/h6-8H,5H2,1-4H3,(H,18,20)(H,16,17,19);4-8,11H,3,9-10H2,1-2H3;7H,3-4H2,1-2H3,(H,8,9). The monoisotopic (exact) mass is 627 g/mol. The average molecular weight is 628 g/mol. The molecule has 248 valence electrons. The van der Waals surface area contributed by atoms with E-state index in [2.05, 4.69) is 15.3 Å². The Kier molecular flexibility index (Phi) is 16.0. The van der Waals surface area contributed by atoms with Crippen molar-refractivity contribution in [1.29, 1.82) is 0 Å². The van der Waals surface area contributed by atoms with E-state index in [0.717, 1.165) is 18.6 Å². The SMILES string of the molecule is CCC(C)(C)C(=O)Nc1cccc2nc(C)[nH]c(=O)c12.CCC(C)(CO)C(=O)O.CCC(C)C(=O)OCCOc1ccccc1. The number of carbonyl (C=O) groups excluding carboxylic acids is 2. The minimum absolute atomic E-state index is 0.0308. The first-order valence-corrected chi connectivity index (χ1v) is 15.2. The van der Waals surface area contributed by atoms with Crippen molar-refractivity contribution in [2.45, 2.75) is 74.7 Å². The number of hydrogen-bond acceptors (Lipinski definition) is 8. The van der Waals surface area contributed by atoms with Gasteiger partial charge in [-0.1, -0.05) is 65.8 Å². The van der Waals surface area contributed by atoms with Gasteiger partial charge in [-0.25, -0.2) is 4.98 Å². The van der Waals surface area contributed by atoms with Crippen LogP contribution in [0.25, 0.3) is 10.9 Å². The number of anilines is 1. The summed E-state index contributed by atoms with van der Waals surface area (Å²) >= 11 is 0. The number of carboxylic acid groups (broad SMARTS) is 1. The molecule has 0 saturated heterocycles.